The van der Waals surface area contributed by atoms with E-state index >= 15 is 0 Å². The molecule has 1 aliphatic rings. The largest absolute Gasteiger partial charge is 0.461 e. The third-order valence-corrected chi connectivity index (χ3v) is 5.33. The predicted octanol–water partition coefficient (Wildman–Crippen LogP) is 3.31. The van der Waals surface area contributed by atoms with Crippen LogP contribution in [0.2, 0.25) is 0 Å². The first kappa shape index (κ1) is 16.2. The Labute approximate surface area is 150 Å². The van der Waals surface area contributed by atoms with E-state index in [0.29, 0.717) is 18.1 Å². The summed E-state index contributed by atoms with van der Waals surface area (Å²) in [7, 11) is 0. The number of aromatic amines is 1. The van der Waals surface area contributed by atoms with Gasteiger partial charge in [-0.15, -0.1) is 11.8 Å². The number of aromatic nitrogens is 2. The van der Waals surface area contributed by atoms with E-state index in [1.165, 1.54) is 10.5 Å². The Bertz CT molecular complexity index is 934. The molecule has 0 aliphatic carbocycles. The van der Waals surface area contributed by atoms with Gasteiger partial charge in [0.2, 0.25) is 0 Å². The number of H-pyrrole nitrogens is 1. The van der Waals surface area contributed by atoms with Crippen molar-refractivity contribution in [2.24, 2.45) is 0 Å². The fourth-order valence-corrected chi connectivity index (χ4v) is 3.84. The van der Waals surface area contributed by atoms with Gasteiger partial charge < -0.3 is 9.40 Å². The Morgan fingerprint density at radius 2 is 2.16 bits per heavy atom. The van der Waals surface area contributed by atoms with E-state index in [9.17, 15) is 4.79 Å². The van der Waals surface area contributed by atoms with Crippen molar-refractivity contribution in [2.75, 3.05) is 12.8 Å². The lowest BCUT2D eigenvalue weighted by molar-refractivity contribution is 0.239. The van der Waals surface area contributed by atoms with E-state index in [4.69, 9.17) is 4.42 Å². The van der Waals surface area contributed by atoms with Gasteiger partial charge in [-0.05, 0) is 36.4 Å². The number of thioether (sulfide) groups is 1. The standard InChI is InChI=1S/C19H19N3O2S/c1-25-17-7-3-2-5-13(17)11-22-9-8-14-15(12-22)20-18(21-19(14)23)16-6-4-10-24-16/h2-7,10H,8-9,11-12H2,1H3,(H,20,21,23). The molecule has 0 radical (unpaired) electrons. The number of hydrogen-bond donors (Lipinski definition) is 1. The average Bonchev–Trinajstić information content (AvgIpc) is 3.16. The van der Waals surface area contributed by atoms with Crippen LogP contribution in [0.5, 0.6) is 0 Å². The van der Waals surface area contributed by atoms with Crippen molar-refractivity contribution in [1.29, 1.82) is 0 Å². The molecule has 1 aliphatic heterocycles. The summed E-state index contributed by atoms with van der Waals surface area (Å²) in [5.41, 5.74) is 2.91. The van der Waals surface area contributed by atoms with Crippen LogP contribution in [0.25, 0.3) is 11.6 Å². The summed E-state index contributed by atoms with van der Waals surface area (Å²) in [6.45, 7) is 2.40. The zero-order chi connectivity index (χ0) is 17.2. The zero-order valence-electron chi connectivity index (χ0n) is 14.0. The number of nitrogens with zero attached hydrogens (tertiary/aromatic N) is 2. The highest BCUT2D eigenvalue weighted by atomic mass is 32.2. The molecule has 25 heavy (non-hydrogen) atoms. The van der Waals surface area contributed by atoms with Gasteiger partial charge in [-0.1, -0.05) is 18.2 Å². The summed E-state index contributed by atoms with van der Waals surface area (Å²) < 4.78 is 5.37. The van der Waals surface area contributed by atoms with Crippen LogP contribution in [0, 0.1) is 0 Å². The number of furan rings is 1. The Hall–Kier alpha value is -2.31. The summed E-state index contributed by atoms with van der Waals surface area (Å²) in [5.74, 6) is 1.09. The lowest BCUT2D eigenvalue weighted by Gasteiger charge is -2.28. The van der Waals surface area contributed by atoms with Gasteiger partial charge in [0.05, 0.1) is 12.0 Å². The maximum atomic E-state index is 12.4. The second kappa shape index (κ2) is 6.90. The van der Waals surface area contributed by atoms with Crippen LogP contribution >= 0.6 is 11.8 Å². The first-order valence-electron chi connectivity index (χ1n) is 8.25. The van der Waals surface area contributed by atoms with Crippen LogP contribution in [0.3, 0.4) is 0 Å². The van der Waals surface area contributed by atoms with Crippen molar-refractivity contribution < 1.29 is 4.42 Å². The van der Waals surface area contributed by atoms with E-state index < -0.39 is 0 Å². The number of rotatable bonds is 4. The van der Waals surface area contributed by atoms with E-state index in [1.54, 1.807) is 30.2 Å². The molecule has 1 aromatic carbocycles. The maximum Gasteiger partial charge on any atom is 0.254 e. The molecular weight excluding hydrogens is 334 g/mol. The van der Waals surface area contributed by atoms with E-state index in [0.717, 1.165) is 30.8 Å². The molecule has 0 amide bonds. The third kappa shape index (κ3) is 3.27. The molecular formula is C19H19N3O2S. The predicted molar refractivity (Wildman–Crippen MR) is 98.6 cm³/mol. The van der Waals surface area contributed by atoms with Crippen LogP contribution < -0.4 is 5.56 Å². The first-order valence-corrected chi connectivity index (χ1v) is 9.47. The molecule has 0 saturated heterocycles. The topological polar surface area (TPSA) is 62.1 Å². The van der Waals surface area contributed by atoms with Crippen molar-refractivity contribution in [2.45, 2.75) is 24.4 Å². The van der Waals surface area contributed by atoms with Crippen molar-refractivity contribution in [1.82, 2.24) is 14.9 Å². The van der Waals surface area contributed by atoms with E-state index in [-0.39, 0.29) is 5.56 Å². The van der Waals surface area contributed by atoms with Crippen LogP contribution in [0.1, 0.15) is 16.8 Å². The van der Waals surface area contributed by atoms with Crippen molar-refractivity contribution in [3.63, 3.8) is 0 Å². The highest BCUT2D eigenvalue weighted by molar-refractivity contribution is 7.98. The van der Waals surface area contributed by atoms with Gasteiger partial charge in [-0.3, -0.25) is 9.69 Å². The molecule has 6 heteroatoms. The molecule has 4 rings (SSSR count). The molecule has 2 aromatic heterocycles. The SMILES string of the molecule is CSc1ccccc1CN1CCc2c(nc(-c3ccco3)[nH]c2=O)C1. The fraction of sp³-hybridized carbons (Fsp3) is 0.263. The summed E-state index contributed by atoms with van der Waals surface area (Å²) in [4.78, 5) is 23.5. The Kier molecular flexibility index (Phi) is 4.46. The van der Waals surface area contributed by atoms with Crippen molar-refractivity contribution in [3.05, 3.63) is 69.8 Å². The normalized spacial score (nSPS) is 14.4. The Morgan fingerprint density at radius 3 is 2.96 bits per heavy atom. The molecule has 0 fully saturated rings. The number of fused-ring (bicyclic) bond motifs is 1. The summed E-state index contributed by atoms with van der Waals surface area (Å²) >= 11 is 1.76. The summed E-state index contributed by atoms with van der Waals surface area (Å²) in [6.07, 6.45) is 4.40. The van der Waals surface area contributed by atoms with Crippen LogP contribution in [0.15, 0.2) is 56.8 Å². The van der Waals surface area contributed by atoms with Crippen LogP contribution in [0.4, 0.5) is 0 Å². The van der Waals surface area contributed by atoms with Gasteiger partial charge in [0.25, 0.3) is 5.56 Å². The van der Waals surface area contributed by atoms with Gasteiger partial charge in [-0.25, -0.2) is 4.98 Å². The summed E-state index contributed by atoms with van der Waals surface area (Å²) in [6, 6.07) is 12.1. The summed E-state index contributed by atoms with van der Waals surface area (Å²) in [5, 5.41) is 0. The van der Waals surface area contributed by atoms with Crippen molar-refractivity contribution >= 4 is 11.8 Å². The van der Waals surface area contributed by atoms with E-state index in [1.807, 2.05) is 0 Å². The number of hydrogen-bond acceptors (Lipinski definition) is 5. The minimum atomic E-state index is -0.0550. The second-order valence-corrected chi connectivity index (χ2v) is 6.94. The number of benzene rings is 1. The Balaban J connectivity index is 1.61. The minimum absolute atomic E-state index is 0.0550. The van der Waals surface area contributed by atoms with Gasteiger partial charge >= 0.3 is 0 Å². The Morgan fingerprint density at radius 1 is 1.28 bits per heavy atom. The molecule has 0 bridgehead atoms. The zero-order valence-corrected chi connectivity index (χ0v) is 14.8. The first-order chi connectivity index (χ1) is 12.2. The third-order valence-electron chi connectivity index (χ3n) is 4.49. The van der Waals surface area contributed by atoms with Crippen LogP contribution in [-0.2, 0) is 19.5 Å². The maximum absolute atomic E-state index is 12.4. The van der Waals surface area contributed by atoms with Gasteiger partial charge in [-0.2, -0.15) is 0 Å². The highest BCUT2D eigenvalue weighted by Crippen LogP contribution is 2.24. The molecule has 128 valence electrons. The quantitative estimate of drug-likeness (QED) is 0.729. The van der Waals surface area contributed by atoms with Crippen LogP contribution in [-0.4, -0.2) is 27.7 Å². The molecule has 5 nitrogen and oxygen atoms in total. The van der Waals surface area contributed by atoms with Gasteiger partial charge in [0.15, 0.2) is 11.6 Å². The lowest BCUT2D eigenvalue weighted by Crippen LogP contribution is -2.35. The smallest absolute Gasteiger partial charge is 0.254 e. The highest BCUT2D eigenvalue weighted by Gasteiger charge is 2.22. The molecule has 3 heterocycles. The molecule has 0 saturated carbocycles. The number of nitrogens with one attached hydrogen (secondary N) is 1. The lowest BCUT2D eigenvalue weighted by atomic mass is 10.1. The molecule has 0 atom stereocenters. The molecule has 0 spiro atoms. The molecule has 1 N–H and O–H groups in total. The average molecular weight is 353 g/mol. The van der Waals surface area contributed by atoms with Gasteiger partial charge in [0, 0.05) is 30.1 Å². The van der Waals surface area contributed by atoms with E-state index in [2.05, 4.69) is 45.4 Å². The minimum Gasteiger partial charge on any atom is -0.461 e. The van der Waals surface area contributed by atoms with Crippen molar-refractivity contribution in [3.8, 4) is 11.6 Å². The fourth-order valence-electron chi connectivity index (χ4n) is 3.23. The van der Waals surface area contributed by atoms with Gasteiger partial charge in [0.1, 0.15) is 0 Å². The second-order valence-electron chi connectivity index (χ2n) is 6.09. The molecule has 3 aromatic rings. The molecule has 0 unspecified atom stereocenters. The monoisotopic (exact) mass is 353 g/mol.